The van der Waals surface area contributed by atoms with Crippen LogP contribution in [0.1, 0.15) is 36.8 Å². The molecule has 0 spiro atoms. The summed E-state index contributed by atoms with van der Waals surface area (Å²) in [5, 5.41) is 5.15. The van der Waals surface area contributed by atoms with Gasteiger partial charge in [0.2, 0.25) is 0 Å². The number of fused-ring (bicyclic) bond motifs is 2. The Bertz CT molecular complexity index is 2320. The first kappa shape index (κ1) is 29.8. The normalized spacial score (nSPS) is 13.9. The van der Waals surface area contributed by atoms with E-state index in [1.165, 1.54) is 66.2 Å². The van der Waals surface area contributed by atoms with E-state index < -0.39 is 0 Å². The van der Waals surface area contributed by atoms with Crippen molar-refractivity contribution in [3.63, 3.8) is 0 Å². The van der Waals surface area contributed by atoms with Crippen LogP contribution in [0.2, 0.25) is 0 Å². The number of nitrogens with zero attached hydrogens (tertiary/aromatic N) is 2. The molecule has 0 saturated carbocycles. The minimum Gasteiger partial charge on any atom is -0.314 e. The lowest BCUT2D eigenvalue weighted by molar-refractivity contribution is 0.965. The van der Waals surface area contributed by atoms with Crippen molar-refractivity contribution in [1.29, 1.82) is 0 Å². The highest BCUT2D eigenvalue weighted by Crippen LogP contribution is 2.41. The number of allylic oxidation sites excluding steroid dienone is 3. The fraction of sp³-hybridized carbons (Fsp3) is 0.130. The molecular formula is C46H40N2. The molecule has 0 unspecified atom stereocenters. The van der Waals surface area contributed by atoms with Crippen molar-refractivity contribution in [1.82, 2.24) is 0 Å². The summed E-state index contributed by atoms with van der Waals surface area (Å²) in [6.45, 7) is 4.50. The number of benzene rings is 6. The van der Waals surface area contributed by atoms with Gasteiger partial charge in [-0.3, -0.25) is 0 Å². The van der Waals surface area contributed by atoms with Crippen molar-refractivity contribution >= 4 is 45.3 Å². The Kier molecular flexibility index (Phi) is 8.00. The van der Waals surface area contributed by atoms with Crippen LogP contribution in [0.25, 0.3) is 33.7 Å². The molecule has 48 heavy (non-hydrogen) atoms. The van der Waals surface area contributed by atoms with Crippen LogP contribution >= 0.6 is 0 Å². The van der Waals surface area contributed by atoms with Crippen LogP contribution in [0.15, 0.2) is 157 Å². The van der Waals surface area contributed by atoms with Gasteiger partial charge in [0.25, 0.3) is 0 Å². The molecule has 6 aromatic carbocycles. The molecule has 0 bridgehead atoms. The number of hydrogen-bond acceptors (Lipinski definition) is 2. The summed E-state index contributed by atoms with van der Waals surface area (Å²) >= 11 is 0. The number of aryl methyl sites for hydroxylation is 2. The summed E-state index contributed by atoms with van der Waals surface area (Å²) in [4.78, 5) is 4.89. The van der Waals surface area contributed by atoms with Crippen molar-refractivity contribution in [2.45, 2.75) is 39.5 Å². The van der Waals surface area contributed by atoms with Gasteiger partial charge in [-0.15, -0.1) is 0 Å². The summed E-state index contributed by atoms with van der Waals surface area (Å²) in [6.07, 6.45) is 13.7. The quantitative estimate of drug-likeness (QED) is 0.175. The molecule has 234 valence electrons. The van der Waals surface area contributed by atoms with Crippen molar-refractivity contribution in [2.24, 2.45) is 0 Å². The maximum atomic E-state index is 2.51. The Morgan fingerprint density at radius 1 is 0.521 bits per heavy atom. The molecule has 2 nitrogen and oxygen atoms in total. The van der Waals surface area contributed by atoms with E-state index >= 15 is 0 Å². The average molecular weight is 621 g/mol. The average Bonchev–Trinajstić information content (AvgIpc) is 3.13. The van der Waals surface area contributed by atoms with Gasteiger partial charge >= 0.3 is 0 Å². The highest BCUT2D eigenvalue weighted by atomic mass is 15.2. The summed E-state index contributed by atoms with van der Waals surface area (Å²) in [5.41, 5.74) is 12.4. The molecule has 0 saturated heterocycles. The van der Waals surface area contributed by atoms with Gasteiger partial charge in [0.15, 0.2) is 0 Å². The van der Waals surface area contributed by atoms with Crippen LogP contribution in [0.5, 0.6) is 0 Å². The lowest BCUT2D eigenvalue weighted by Gasteiger charge is -2.32. The molecule has 0 aliphatic heterocycles. The molecule has 2 aliphatic carbocycles. The first-order chi connectivity index (χ1) is 23.7. The fourth-order valence-electron chi connectivity index (χ4n) is 7.48. The van der Waals surface area contributed by atoms with Gasteiger partial charge < -0.3 is 9.80 Å². The molecule has 0 heterocycles. The zero-order valence-electron chi connectivity index (χ0n) is 27.7. The standard InChI is InChI=1S/C46H40N2/c1-33-31-39(47(37-19-5-3-6-20-37)45-25-13-17-35-15-9-11-23-43(35)45)27-29-41(33)42-30-28-40(32-34(42)2)48(38-21-7-4-8-22-38)46-26-14-18-36-16-10-12-24-44(36)46/h3,5-7,9-13,15-25,27-32H,4,8,14,26H2,1-2H3. The SMILES string of the molecule is Cc1cc(N(C2=CCCC=C2)C2=c3ccccc3=CCC2)ccc1-c1ccc(N(c2ccccc2)c2cccc3ccccc23)cc1C. The van der Waals surface area contributed by atoms with E-state index in [-0.39, 0.29) is 0 Å². The smallest absolute Gasteiger partial charge is 0.0540 e. The summed E-state index contributed by atoms with van der Waals surface area (Å²) in [7, 11) is 0. The Hall–Kier alpha value is -5.60. The number of para-hydroxylation sites is 1. The Morgan fingerprint density at radius 2 is 1.21 bits per heavy atom. The van der Waals surface area contributed by atoms with Crippen molar-refractivity contribution in [2.75, 3.05) is 9.80 Å². The monoisotopic (exact) mass is 620 g/mol. The highest BCUT2D eigenvalue weighted by molar-refractivity contribution is 5.99. The van der Waals surface area contributed by atoms with E-state index in [0.717, 1.165) is 37.1 Å². The number of hydrogen-bond donors (Lipinski definition) is 0. The molecule has 2 aliphatic rings. The maximum Gasteiger partial charge on any atom is 0.0540 e. The van der Waals surface area contributed by atoms with Crippen molar-refractivity contribution in [3.8, 4) is 11.1 Å². The van der Waals surface area contributed by atoms with E-state index in [4.69, 9.17) is 0 Å². The summed E-state index contributed by atoms with van der Waals surface area (Å²) in [5.74, 6) is 0. The summed E-state index contributed by atoms with van der Waals surface area (Å²) < 4.78 is 0. The molecule has 8 rings (SSSR count). The molecule has 0 fully saturated rings. The van der Waals surface area contributed by atoms with Crippen molar-refractivity contribution in [3.05, 3.63) is 179 Å². The molecular weight excluding hydrogens is 581 g/mol. The summed E-state index contributed by atoms with van der Waals surface area (Å²) in [6, 6.07) is 48.7. The van der Waals surface area contributed by atoms with Crippen LogP contribution in [-0.4, -0.2) is 0 Å². The van der Waals surface area contributed by atoms with E-state index in [1.54, 1.807) is 0 Å². The first-order valence-corrected chi connectivity index (χ1v) is 17.2. The van der Waals surface area contributed by atoms with E-state index in [0.29, 0.717) is 0 Å². The van der Waals surface area contributed by atoms with Crippen LogP contribution in [0.3, 0.4) is 0 Å². The molecule has 0 atom stereocenters. The molecule has 0 N–H and O–H groups in total. The van der Waals surface area contributed by atoms with Gasteiger partial charge in [-0.1, -0.05) is 109 Å². The molecule has 0 amide bonds. The fourth-order valence-corrected chi connectivity index (χ4v) is 7.48. The predicted molar refractivity (Wildman–Crippen MR) is 205 cm³/mol. The minimum atomic E-state index is 1.03. The predicted octanol–water partition coefficient (Wildman–Crippen LogP) is 11.0. The van der Waals surface area contributed by atoms with Gasteiger partial charge in [-0.25, -0.2) is 0 Å². The van der Waals surface area contributed by atoms with Crippen LogP contribution in [-0.2, 0) is 0 Å². The largest absolute Gasteiger partial charge is 0.314 e. The minimum absolute atomic E-state index is 1.03. The molecule has 2 heteroatoms. The van der Waals surface area contributed by atoms with Gasteiger partial charge in [0.05, 0.1) is 5.69 Å². The van der Waals surface area contributed by atoms with E-state index in [1.807, 2.05) is 0 Å². The molecule has 0 radical (unpaired) electrons. The third-order valence-corrected chi connectivity index (χ3v) is 9.77. The lowest BCUT2D eigenvalue weighted by atomic mass is 9.94. The van der Waals surface area contributed by atoms with Gasteiger partial charge in [0.1, 0.15) is 0 Å². The second-order valence-corrected chi connectivity index (χ2v) is 12.9. The molecule has 0 aromatic heterocycles. The zero-order valence-corrected chi connectivity index (χ0v) is 27.7. The third kappa shape index (κ3) is 5.54. The number of anilines is 4. The zero-order chi connectivity index (χ0) is 32.5. The first-order valence-electron chi connectivity index (χ1n) is 17.2. The van der Waals surface area contributed by atoms with E-state index in [9.17, 15) is 0 Å². The lowest BCUT2D eigenvalue weighted by Crippen LogP contribution is -2.36. The van der Waals surface area contributed by atoms with Crippen molar-refractivity contribution < 1.29 is 0 Å². The van der Waals surface area contributed by atoms with E-state index in [2.05, 4.69) is 181 Å². The van der Waals surface area contributed by atoms with Crippen LogP contribution in [0.4, 0.5) is 22.7 Å². The van der Waals surface area contributed by atoms with Gasteiger partial charge in [-0.2, -0.15) is 0 Å². The van der Waals surface area contributed by atoms with Gasteiger partial charge in [0, 0.05) is 39.1 Å². The van der Waals surface area contributed by atoms with Crippen LogP contribution < -0.4 is 20.2 Å². The topological polar surface area (TPSA) is 6.48 Å². The van der Waals surface area contributed by atoms with Crippen LogP contribution in [0, 0.1) is 13.8 Å². The highest BCUT2D eigenvalue weighted by Gasteiger charge is 2.21. The number of rotatable bonds is 7. The van der Waals surface area contributed by atoms with Gasteiger partial charge in [-0.05, 0) is 121 Å². The molecule has 6 aromatic rings. The Balaban J connectivity index is 1.21. The Morgan fingerprint density at radius 3 is 1.96 bits per heavy atom. The maximum absolute atomic E-state index is 2.51. The Labute approximate surface area is 283 Å². The third-order valence-electron chi connectivity index (χ3n) is 9.77. The second kappa shape index (κ2) is 12.9. The second-order valence-electron chi connectivity index (χ2n) is 12.9.